The molecule has 1 aliphatic carbocycles. The Morgan fingerprint density at radius 3 is 2.26 bits per heavy atom. The maximum Gasteiger partial charge on any atom is 0.244 e. The van der Waals surface area contributed by atoms with Gasteiger partial charge in [0.25, 0.3) is 0 Å². The molecule has 0 bridgehead atoms. The molecule has 0 spiro atoms. The number of nitrogens with zero attached hydrogens (tertiary/aromatic N) is 1. The Morgan fingerprint density at radius 1 is 1.11 bits per heavy atom. The largest absolute Gasteiger partial charge is 0.343 e. The molecule has 19 heavy (non-hydrogen) atoms. The van der Waals surface area contributed by atoms with E-state index in [4.69, 9.17) is 5.73 Å². The second kappa shape index (κ2) is 5.90. The minimum atomic E-state index is -0.754. The summed E-state index contributed by atoms with van der Waals surface area (Å²) < 4.78 is 0. The van der Waals surface area contributed by atoms with Crippen molar-refractivity contribution in [2.75, 3.05) is 13.1 Å². The van der Waals surface area contributed by atoms with Crippen molar-refractivity contribution in [2.24, 2.45) is 5.73 Å². The van der Waals surface area contributed by atoms with Crippen molar-refractivity contribution in [3.8, 4) is 0 Å². The molecular formula is C14H25N3O2. The van der Waals surface area contributed by atoms with E-state index < -0.39 is 11.6 Å². The van der Waals surface area contributed by atoms with Crippen LogP contribution in [0.3, 0.4) is 0 Å². The molecule has 1 aliphatic heterocycles. The van der Waals surface area contributed by atoms with Gasteiger partial charge in [0.05, 0.1) is 5.54 Å². The number of hydrogen-bond donors (Lipinski definition) is 2. The van der Waals surface area contributed by atoms with E-state index >= 15 is 0 Å². The smallest absolute Gasteiger partial charge is 0.244 e. The van der Waals surface area contributed by atoms with Crippen LogP contribution in [0.25, 0.3) is 0 Å². The van der Waals surface area contributed by atoms with E-state index in [2.05, 4.69) is 5.32 Å². The van der Waals surface area contributed by atoms with Crippen molar-refractivity contribution in [3.63, 3.8) is 0 Å². The lowest BCUT2D eigenvalue weighted by Crippen LogP contribution is -2.57. The Labute approximate surface area is 114 Å². The maximum absolute atomic E-state index is 12.2. The Hall–Kier alpha value is -1.10. The van der Waals surface area contributed by atoms with Crippen LogP contribution in [0.5, 0.6) is 0 Å². The van der Waals surface area contributed by atoms with Gasteiger partial charge in [-0.05, 0) is 39.0 Å². The van der Waals surface area contributed by atoms with Crippen LogP contribution >= 0.6 is 0 Å². The van der Waals surface area contributed by atoms with Crippen molar-refractivity contribution in [2.45, 2.75) is 63.5 Å². The van der Waals surface area contributed by atoms with Gasteiger partial charge in [-0.15, -0.1) is 0 Å². The summed E-state index contributed by atoms with van der Waals surface area (Å²) in [4.78, 5) is 26.2. The zero-order valence-electron chi connectivity index (χ0n) is 11.8. The average Bonchev–Trinajstić information content (AvgIpc) is 2.87. The number of carbonyl (C=O) groups is 2. The first-order chi connectivity index (χ1) is 9.03. The van der Waals surface area contributed by atoms with Gasteiger partial charge in [0.1, 0.15) is 6.04 Å². The first-order valence-electron chi connectivity index (χ1n) is 7.41. The van der Waals surface area contributed by atoms with Crippen LogP contribution in [0.4, 0.5) is 0 Å². The molecule has 3 N–H and O–H groups in total. The normalized spacial score (nSPS) is 24.0. The fraction of sp³-hybridized carbons (Fsp3) is 0.857. The molecule has 1 unspecified atom stereocenters. The van der Waals surface area contributed by atoms with Crippen molar-refractivity contribution < 1.29 is 9.59 Å². The first-order valence-corrected chi connectivity index (χ1v) is 7.41. The molecule has 0 radical (unpaired) electrons. The summed E-state index contributed by atoms with van der Waals surface area (Å²) in [7, 11) is 0. The van der Waals surface area contributed by atoms with Crippen LogP contribution in [0.1, 0.15) is 51.9 Å². The molecule has 1 atom stereocenters. The molecule has 1 saturated carbocycles. The lowest BCUT2D eigenvalue weighted by Gasteiger charge is -2.31. The molecule has 2 amide bonds. The van der Waals surface area contributed by atoms with Gasteiger partial charge in [-0.25, -0.2) is 0 Å². The molecule has 5 nitrogen and oxygen atoms in total. The molecular weight excluding hydrogens is 242 g/mol. The summed E-state index contributed by atoms with van der Waals surface area (Å²) in [6.45, 7) is 3.38. The third-order valence-corrected chi connectivity index (χ3v) is 4.33. The molecule has 1 saturated heterocycles. The zero-order valence-corrected chi connectivity index (χ0v) is 11.8. The number of amides is 2. The minimum Gasteiger partial charge on any atom is -0.343 e. The fourth-order valence-corrected chi connectivity index (χ4v) is 3.02. The van der Waals surface area contributed by atoms with Gasteiger partial charge in [-0.1, -0.05) is 12.8 Å². The predicted octanol–water partition coefficient (Wildman–Crippen LogP) is 0.775. The van der Waals surface area contributed by atoms with E-state index in [0.29, 0.717) is 0 Å². The monoisotopic (exact) mass is 267 g/mol. The quantitative estimate of drug-likeness (QED) is 0.793. The number of likely N-dealkylation sites (tertiary alicyclic amines) is 1. The van der Waals surface area contributed by atoms with E-state index in [1.807, 2.05) is 4.90 Å². The van der Waals surface area contributed by atoms with Crippen LogP contribution in [0.15, 0.2) is 0 Å². The standard InChI is InChI=1S/C14H25N3O2/c1-11(12(18)17-9-5-2-6-10-17)16-13(19)14(15)7-3-4-8-14/h11H,2-10,15H2,1H3,(H,16,19). The van der Waals surface area contributed by atoms with Crippen molar-refractivity contribution in [3.05, 3.63) is 0 Å². The summed E-state index contributed by atoms with van der Waals surface area (Å²) in [6, 6.07) is -0.466. The highest BCUT2D eigenvalue weighted by molar-refractivity contribution is 5.92. The Morgan fingerprint density at radius 2 is 1.68 bits per heavy atom. The van der Waals surface area contributed by atoms with E-state index in [-0.39, 0.29) is 11.8 Å². The summed E-state index contributed by atoms with van der Waals surface area (Å²) in [6.07, 6.45) is 6.76. The Kier molecular flexibility index (Phi) is 4.45. The molecule has 108 valence electrons. The van der Waals surface area contributed by atoms with Gasteiger partial charge in [-0.2, -0.15) is 0 Å². The summed E-state index contributed by atoms with van der Waals surface area (Å²) in [5, 5.41) is 2.80. The van der Waals surface area contributed by atoms with Gasteiger partial charge in [0.15, 0.2) is 0 Å². The highest BCUT2D eigenvalue weighted by Crippen LogP contribution is 2.27. The highest BCUT2D eigenvalue weighted by Gasteiger charge is 2.38. The molecule has 1 heterocycles. The van der Waals surface area contributed by atoms with Gasteiger partial charge in [0, 0.05) is 13.1 Å². The molecule has 2 fully saturated rings. The molecule has 2 rings (SSSR count). The fourth-order valence-electron chi connectivity index (χ4n) is 3.02. The van der Waals surface area contributed by atoms with E-state index in [1.165, 1.54) is 6.42 Å². The van der Waals surface area contributed by atoms with E-state index in [0.717, 1.165) is 51.6 Å². The number of rotatable bonds is 3. The van der Waals surface area contributed by atoms with Crippen molar-refractivity contribution in [1.29, 1.82) is 0 Å². The molecule has 2 aliphatic rings. The number of nitrogens with two attached hydrogens (primary N) is 1. The highest BCUT2D eigenvalue weighted by atomic mass is 16.2. The lowest BCUT2D eigenvalue weighted by atomic mass is 9.97. The SMILES string of the molecule is CC(NC(=O)C1(N)CCCC1)C(=O)N1CCCCC1. The first kappa shape index (κ1) is 14.3. The van der Waals surface area contributed by atoms with Gasteiger partial charge >= 0.3 is 0 Å². The zero-order chi connectivity index (χ0) is 13.9. The summed E-state index contributed by atoms with van der Waals surface area (Å²) >= 11 is 0. The summed E-state index contributed by atoms with van der Waals surface area (Å²) in [5.74, 6) is -0.141. The third-order valence-electron chi connectivity index (χ3n) is 4.33. The van der Waals surface area contributed by atoms with E-state index in [9.17, 15) is 9.59 Å². The van der Waals surface area contributed by atoms with Gasteiger partial charge in [0.2, 0.25) is 11.8 Å². The average molecular weight is 267 g/mol. The second-order valence-corrected chi connectivity index (χ2v) is 5.94. The van der Waals surface area contributed by atoms with E-state index in [1.54, 1.807) is 6.92 Å². The topological polar surface area (TPSA) is 75.4 Å². The number of hydrogen-bond acceptors (Lipinski definition) is 3. The van der Waals surface area contributed by atoms with Crippen LogP contribution in [0, 0.1) is 0 Å². The number of piperidine rings is 1. The molecule has 0 aromatic rings. The van der Waals surface area contributed by atoms with Gasteiger partial charge in [-0.3, -0.25) is 9.59 Å². The number of nitrogens with one attached hydrogen (secondary N) is 1. The maximum atomic E-state index is 12.2. The second-order valence-electron chi connectivity index (χ2n) is 5.94. The van der Waals surface area contributed by atoms with Gasteiger partial charge < -0.3 is 16.0 Å². The number of carbonyl (C=O) groups excluding carboxylic acids is 2. The molecule has 0 aromatic carbocycles. The van der Waals surface area contributed by atoms with Crippen molar-refractivity contribution in [1.82, 2.24) is 10.2 Å². The lowest BCUT2D eigenvalue weighted by molar-refractivity contribution is -0.138. The van der Waals surface area contributed by atoms with Crippen LogP contribution in [-0.2, 0) is 9.59 Å². The third kappa shape index (κ3) is 3.26. The molecule has 0 aromatic heterocycles. The van der Waals surface area contributed by atoms with Crippen LogP contribution < -0.4 is 11.1 Å². The summed E-state index contributed by atoms with van der Waals surface area (Å²) in [5.41, 5.74) is 5.34. The molecule has 5 heteroatoms. The Bertz CT molecular complexity index is 345. The van der Waals surface area contributed by atoms with Crippen LogP contribution in [-0.4, -0.2) is 41.4 Å². The predicted molar refractivity (Wildman–Crippen MR) is 73.4 cm³/mol. The Balaban J connectivity index is 1.87. The van der Waals surface area contributed by atoms with Crippen LogP contribution in [0.2, 0.25) is 0 Å². The van der Waals surface area contributed by atoms with Crippen molar-refractivity contribution >= 4 is 11.8 Å². The minimum absolute atomic E-state index is 0.0228.